The van der Waals surface area contributed by atoms with E-state index in [0.29, 0.717) is 11.4 Å². The number of benzene rings is 2. The van der Waals surface area contributed by atoms with Crippen LogP contribution in [0.4, 0.5) is 5.69 Å². The van der Waals surface area contributed by atoms with Gasteiger partial charge < -0.3 is 19.5 Å². The maximum absolute atomic E-state index is 12.1. The van der Waals surface area contributed by atoms with Crippen molar-refractivity contribution in [1.82, 2.24) is 0 Å². The highest BCUT2D eigenvalue weighted by molar-refractivity contribution is 5.99. The molecule has 6 nitrogen and oxygen atoms in total. The molecule has 0 atom stereocenters. The zero-order chi connectivity index (χ0) is 20.7. The van der Waals surface area contributed by atoms with E-state index >= 15 is 0 Å². The Bertz CT molecular complexity index is 872. The Morgan fingerprint density at radius 3 is 2.18 bits per heavy atom. The Morgan fingerprint density at radius 1 is 0.929 bits per heavy atom. The van der Waals surface area contributed by atoms with Gasteiger partial charge in [0.2, 0.25) is 0 Å². The van der Waals surface area contributed by atoms with Gasteiger partial charge in [-0.25, -0.2) is 9.59 Å². The van der Waals surface area contributed by atoms with Gasteiger partial charge in [0.1, 0.15) is 11.4 Å². The van der Waals surface area contributed by atoms with Crippen LogP contribution in [-0.2, 0) is 24.5 Å². The molecule has 0 radical (unpaired) electrons. The summed E-state index contributed by atoms with van der Waals surface area (Å²) in [7, 11) is 4.00. The van der Waals surface area contributed by atoms with Crippen LogP contribution in [0.2, 0.25) is 0 Å². The predicted octanol–water partition coefficient (Wildman–Crippen LogP) is 3.66. The highest BCUT2D eigenvalue weighted by Gasteiger charge is 2.24. The molecule has 0 heterocycles. The summed E-state index contributed by atoms with van der Waals surface area (Å²) in [6, 6.07) is 15.8. The molecule has 6 heteroatoms. The second-order valence-corrected chi connectivity index (χ2v) is 6.60. The third kappa shape index (κ3) is 4.71. The normalized spacial score (nSPS) is 11.5. The van der Waals surface area contributed by atoms with E-state index in [1.54, 1.807) is 0 Å². The molecule has 0 unspecified atom stereocenters. The molecule has 0 amide bonds. The number of methoxy groups -OCH3 is 3. The first-order valence-corrected chi connectivity index (χ1v) is 8.72. The Labute approximate surface area is 165 Å². The number of carbonyl (C=O) groups excluding carboxylic acids is 2. The number of hydrogen-bond acceptors (Lipinski definition) is 6. The van der Waals surface area contributed by atoms with Gasteiger partial charge in [-0.15, -0.1) is 0 Å². The molecule has 0 saturated heterocycles. The summed E-state index contributed by atoms with van der Waals surface area (Å²) in [5.74, 6) is -0.847. The fourth-order valence-electron chi connectivity index (χ4n) is 2.79. The number of nitrogens with one attached hydrogen (secondary N) is 1. The number of ether oxygens (including phenoxy) is 3. The van der Waals surface area contributed by atoms with Crippen LogP contribution in [0.15, 0.2) is 60.3 Å². The first-order valence-electron chi connectivity index (χ1n) is 8.72. The van der Waals surface area contributed by atoms with Gasteiger partial charge in [0.15, 0.2) is 0 Å². The van der Waals surface area contributed by atoms with E-state index < -0.39 is 11.9 Å². The molecule has 28 heavy (non-hydrogen) atoms. The van der Waals surface area contributed by atoms with Crippen molar-refractivity contribution < 1.29 is 23.8 Å². The van der Waals surface area contributed by atoms with E-state index in [9.17, 15) is 9.59 Å². The predicted molar refractivity (Wildman–Crippen MR) is 107 cm³/mol. The van der Waals surface area contributed by atoms with Gasteiger partial charge in [-0.3, -0.25) is 0 Å². The van der Waals surface area contributed by atoms with Crippen molar-refractivity contribution in [2.45, 2.75) is 19.3 Å². The van der Waals surface area contributed by atoms with Crippen molar-refractivity contribution in [3.63, 3.8) is 0 Å². The van der Waals surface area contributed by atoms with E-state index in [-0.39, 0.29) is 11.1 Å². The van der Waals surface area contributed by atoms with Gasteiger partial charge in [-0.2, -0.15) is 0 Å². The molecule has 2 aromatic carbocycles. The van der Waals surface area contributed by atoms with Crippen LogP contribution in [0, 0.1) is 0 Å². The molecule has 0 fully saturated rings. The van der Waals surface area contributed by atoms with Crippen molar-refractivity contribution in [2.75, 3.05) is 26.6 Å². The van der Waals surface area contributed by atoms with Gasteiger partial charge in [0.25, 0.3) is 0 Å². The summed E-state index contributed by atoms with van der Waals surface area (Å²) in [5.41, 5.74) is 2.34. The summed E-state index contributed by atoms with van der Waals surface area (Å²) in [6.45, 7) is 4.22. The summed E-state index contributed by atoms with van der Waals surface area (Å²) in [5, 5.41) is 2.94. The van der Waals surface area contributed by atoms with Crippen molar-refractivity contribution in [1.29, 1.82) is 0 Å². The monoisotopic (exact) mass is 383 g/mol. The number of rotatable bonds is 7. The largest absolute Gasteiger partial charge is 0.495 e. The highest BCUT2D eigenvalue weighted by Crippen LogP contribution is 2.36. The molecule has 0 aliphatic rings. The minimum Gasteiger partial charge on any atom is -0.495 e. The Kier molecular flexibility index (Phi) is 6.82. The first-order chi connectivity index (χ1) is 13.3. The van der Waals surface area contributed by atoms with E-state index in [2.05, 4.69) is 36.0 Å². The lowest BCUT2D eigenvalue weighted by atomic mass is 9.78. The fraction of sp³-hybridized carbons (Fsp3) is 0.273. The van der Waals surface area contributed by atoms with E-state index in [4.69, 9.17) is 9.47 Å². The Hall–Kier alpha value is -3.28. The van der Waals surface area contributed by atoms with Crippen molar-refractivity contribution in [2.24, 2.45) is 0 Å². The van der Waals surface area contributed by atoms with Gasteiger partial charge in [0, 0.05) is 5.41 Å². The first kappa shape index (κ1) is 21.0. The van der Waals surface area contributed by atoms with E-state index in [1.807, 2.05) is 36.4 Å². The SMILES string of the molecule is COC(=O)/C=C(/Nc1cc(C(C)(C)c2ccccc2)ccc1OC)C(=O)OC. The average molecular weight is 383 g/mol. The highest BCUT2D eigenvalue weighted by atomic mass is 16.5. The lowest BCUT2D eigenvalue weighted by Gasteiger charge is -2.27. The Balaban J connectivity index is 2.49. The minimum atomic E-state index is -0.694. The summed E-state index contributed by atoms with van der Waals surface area (Å²) in [6.07, 6.45) is 1.04. The van der Waals surface area contributed by atoms with Crippen molar-refractivity contribution in [3.05, 3.63) is 71.4 Å². The third-order valence-corrected chi connectivity index (χ3v) is 4.55. The summed E-state index contributed by atoms with van der Waals surface area (Å²) >= 11 is 0. The van der Waals surface area contributed by atoms with Crippen LogP contribution in [-0.4, -0.2) is 33.3 Å². The minimum absolute atomic E-state index is 0.0534. The summed E-state index contributed by atoms with van der Waals surface area (Å²) in [4.78, 5) is 23.7. The molecular formula is C22H25NO5. The number of esters is 2. The van der Waals surface area contributed by atoms with Gasteiger partial charge in [-0.05, 0) is 23.3 Å². The molecule has 2 aromatic rings. The van der Waals surface area contributed by atoms with Gasteiger partial charge in [0.05, 0.1) is 33.1 Å². The molecule has 0 aromatic heterocycles. The molecule has 0 bridgehead atoms. The van der Waals surface area contributed by atoms with Crippen molar-refractivity contribution in [3.8, 4) is 5.75 Å². The lowest BCUT2D eigenvalue weighted by Crippen LogP contribution is -2.20. The standard InChI is InChI=1S/C22H25NO5/c1-22(2,15-9-7-6-8-10-15)16-11-12-19(26-3)17(13-16)23-18(21(25)28-5)14-20(24)27-4/h6-14,23H,1-5H3/b18-14+. The van der Waals surface area contributed by atoms with Gasteiger partial charge >= 0.3 is 11.9 Å². The molecular weight excluding hydrogens is 358 g/mol. The fourth-order valence-corrected chi connectivity index (χ4v) is 2.79. The van der Waals surface area contributed by atoms with Crippen LogP contribution >= 0.6 is 0 Å². The molecule has 148 valence electrons. The zero-order valence-corrected chi connectivity index (χ0v) is 16.7. The van der Waals surface area contributed by atoms with E-state index in [1.165, 1.54) is 21.3 Å². The quantitative estimate of drug-likeness (QED) is 0.581. The maximum Gasteiger partial charge on any atom is 0.354 e. The smallest absolute Gasteiger partial charge is 0.354 e. The molecule has 2 rings (SSSR count). The molecule has 1 N–H and O–H groups in total. The van der Waals surface area contributed by atoms with Crippen LogP contribution in [0.25, 0.3) is 0 Å². The average Bonchev–Trinajstić information content (AvgIpc) is 2.72. The van der Waals surface area contributed by atoms with Gasteiger partial charge in [-0.1, -0.05) is 50.2 Å². The molecule has 0 saturated carbocycles. The number of carbonyl (C=O) groups is 2. The second kappa shape index (κ2) is 9.08. The molecule has 0 spiro atoms. The number of anilines is 1. The maximum atomic E-state index is 12.1. The topological polar surface area (TPSA) is 73.9 Å². The number of hydrogen-bond donors (Lipinski definition) is 1. The molecule has 0 aliphatic carbocycles. The van der Waals surface area contributed by atoms with Crippen LogP contribution in [0.3, 0.4) is 0 Å². The molecule has 0 aliphatic heterocycles. The lowest BCUT2D eigenvalue weighted by molar-refractivity contribution is -0.138. The van der Waals surface area contributed by atoms with Crippen LogP contribution < -0.4 is 10.1 Å². The van der Waals surface area contributed by atoms with Crippen LogP contribution in [0.5, 0.6) is 5.75 Å². The third-order valence-electron chi connectivity index (χ3n) is 4.55. The summed E-state index contributed by atoms with van der Waals surface area (Å²) < 4.78 is 14.8. The van der Waals surface area contributed by atoms with E-state index in [0.717, 1.165) is 17.2 Å². The van der Waals surface area contributed by atoms with Crippen molar-refractivity contribution >= 4 is 17.6 Å². The Morgan fingerprint density at radius 2 is 1.61 bits per heavy atom. The van der Waals surface area contributed by atoms with Crippen LogP contribution in [0.1, 0.15) is 25.0 Å². The zero-order valence-electron chi connectivity index (χ0n) is 16.7. The second-order valence-electron chi connectivity index (χ2n) is 6.60.